The Morgan fingerprint density at radius 3 is 0.800 bits per heavy atom. The summed E-state index contributed by atoms with van der Waals surface area (Å²) in [6, 6.07) is 0. The molecule has 0 unspecified atom stereocenters. The summed E-state index contributed by atoms with van der Waals surface area (Å²) in [5.41, 5.74) is 0. The maximum absolute atomic E-state index is 2.51. The molecule has 0 aliphatic carbocycles. The standard InChI is InChI=1S/Au.4HI/h;4*1H/q+4;;;;/p-4. The Labute approximate surface area is 75.2 Å². The summed E-state index contributed by atoms with van der Waals surface area (Å²) < 4.78 is -1.01. The molecule has 0 aromatic carbocycles. The fourth-order valence-electron chi connectivity index (χ4n) is 0. The molecule has 0 fully saturated rings. The van der Waals surface area contributed by atoms with E-state index in [-0.39, 0.29) is 0 Å². The fraction of sp³-hybridized carbons (Fsp3) is 0. The predicted octanol–water partition coefficient (Wildman–Crippen LogP) is 3.54. The summed E-state index contributed by atoms with van der Waals surface area (Å²) in [5.74, 6) is 0. The van der Waals surface area contributed by atoms with Crippen LogP contribution in [0.1, 0.15) is 0 Å². The van der Waals surface area contributed by atoms with E-state index in [0.717, 1.165) is 0 Å². The molecule has 0 bridgehead atoms. The molecule has 0 saturated carbocycles. The third kappa shape index (κ3) is 18.3. The summed E-state index contributed by atoms with van der Waals surface area (Å²) in [6.45, 7) is 0. The molecule has 0 spiro atoms. The molecule has 0 nitrogen and oxygen atoms in total. The topological polar surface area (TPSA) is 0 Å². The van der Waals surface area contributed by atoms with E-state index in [2.05, 4.69) is 76.1 Å². The third-order valence-corrected chi connectivity index (χ3v) is 0. The first-order valence-corrected chi connectivity index (χ1v) is 25.0. The van der Waals surface area contributed by atoms with Gasteiger partial charge in [-0.1, -0.05) is 0 Å². The summed E-state index contributed by atoms with van der Waals surface area (Å²) in [4.78, 5) is 0. The molecule has 0 aromatic rings. The Kier molecular flexibility index (Phi) is 6.31. The average molecular weight is 705 g/mol. The van der Waals surface area contributed by atoms with Gasteiger partial charge >= 0.3 is 78.0 Å². The van der Waals surface area contributed by atoms with Crippen LogP contribution in [0.25, 0.3) is 0 Å². The predicted molar refractivity (Wildman–Crippen MR) is 56.1 cm³/mol. The van der Waals surface area contributed by atoms with Gasteiger partial charge in [-0.15, -0.1) is 0 Å². The quantitative estimate of drug-likeness (QED) is 0.268. The second kappa shape index (κ2) is 3.64. The molecule has 0 saturated heterocycles. The van der Waals surface area contributed by atoms with Crippen LogP contribution in [0.5, 0.6) is 0 Å². The van der Waals surface area contributed by atoms with Gasteiger partial charge in [-0.2, -0.15) is 0 Å². The van der Waals surface area contributed by atoms with Crippen molar-refractivity contribution in [2.24, 2.45) is 0 Å². The van der Waals surface area contributed by atoms with Gasteiger partial charge in [-0.3, -0.25) is 0 Å². The van der Waals surface area contributed by atoms with Crippen LogP contribution < -0.4 is 0 Å². The van der Waals surface area contributed by atoms with E-state index in [1.54, 1.807) is 0 Å². The average Bonchev–Trinajstić information content (AvgIpc) is 0.722. The molecule has 39 valence electrons. The summed E-state index contributed by atoms with van der Waals surface area (Å²) in [5, 5.41) is 0. The van der Waals surface area contributed by atoms with Crippen LogP contribution in [0, 0.1) is 0 Å². The molecule has 0 aromatic heterocycles. The Bertz CT molecular complexity index is 19.1. The van der Waals surface area contributed by atoms with Crippen LogP contribution in [-0.4, -0.2) is 0 Å². The first kappa shape index (κ1) is 8.66. The third-order valence-electron chi connectivity index (χ3n) is 0. The zero-order chi connectivity index (χ0) is 4.50. The van der Waals surface area contributed by atoms with E-state index in [1.807, 2.05) is 0 Å². The fourth-order valence-corrected chi connectivity index (χ4v) is 0. The minimum atomic E-state index is -1.01. The number of halogens is 4. The zero-order valence-corrected chi connectivity index (χ0v) is 12.6. The van der Waals surface area contributed by atoms with Crippen LogP contribution in [0.15, 0.2) is 0 Å². The van der Waals surface area contributed by atoms with Crippen molar-refractivity contribution >= 4 is 76.1 Å². The Balaban J connectivity index is 3.02. The van der Waals surface area contributed by atoms with E-state index in [1.165, 1.54) is 0 Å². The minimum absolute atomic E-state index is 1.01. The van der Waals surface area contributed by atoms with Gasteiger partial charge in [0.05, 0.1) is 0 Å². The first-order valence-electron chi connectivity index (χ1n) is 0.456. The van der Waals surface area contributed by atoms with Crippen molar-refractivity contribution < 1.29 is 1.87 Å². The van der Waals surface area contributed by atoms with Gasteiger partial charge in [-0.25, -0.2) is 0 Å². The molecular weight excluding hydrogens is 705 g/mol. The molecule has 5 heavy (non-hydrogen) atoms. The molecule has 0 rings (SSSR count). The number of hydrogen-bond acceptors (Lipinski definition) is 0. The summed E-state index contributed by atoms with van der Waals surface area (Å²) in [7, 11) is 0. The second-order valence-corrected chi connectivity index (χ2v) is 95.2. The Morgan fingerprint density at radius 1 is 0.800 bits per heavy atom. The molecule has 0 radical (unpaired) electrons. The van der Waals surface area contributed by atoms with Crippen molar-refractivity contribution in [3.05, 3.63) is 0 Å². The molecule has 0 N–H and O–H groups in total. The maximum atomic E-state index is 2.51. The second-order valence-electron chi connectivity index (χ2n) is 0.258. The van der Waals surface area contributed by atoms with Gasteiger partial charge in [0.25, 0.3) is 0 Å². The van der Waals surface area contributed by atoms with Crippen molar-refractivity contribution in [3.63, 3.8) is 0 Å². The van der Waals surface area contributed by atoms with Crippen molar-refractivity contribution in [3.8, 4) is 0 Å². The van der Waals surface area contributed by atoms with E-state index in [9.17, 15) is 0 Å². The van der Waals surface area contributed by atoms with E-state index in [0.29, 0.717) is 0 Å². The van der Waals surface area contributed by atoms with Crippen LogP contribution in [0.2, 0.25) is 0 Å². The Hall–Kier alpha value is 3.66. The van der Waals surface area contributed by atoms with Crippen LogP contribution in [0.3, 0.4) is 0 Å². The van der Waals surface area contributed by atoms with Gasteiger partial charge in [0, 0.05) is 0 Å². The number of rotatable bonds is 0. The first-order chi connectivity index (χ1) is 2.00. The van der Waals surface area contributed by atoms with E-state index < -0.39 is 1.87 Å². The monoisotopic (exact) mass is 705 g/mol. The molecule has 0 aliphatic rings. The van der Waals surface area contributed by atoms with Crippen molar-refractivity contribution in [1.82, 2.24) is 0 Å². The zero-order valence-electron chi connectivity index (χ0n) is 1.81. The summed E-state index contributed by atoms with van der Waals surface area (Å²) in [6.07, 6.45) is 0. The molecule has 0 aliphatic heterocycles. The van der Waals surface area contributed by atoms with Crippen molar-refractivity contribution in [2.45, 2.75) is 0 Å². The van der Waals surface area contributed by atoms with Gasteiger partial charge in [0.15, 0.2) is 0 Å². The molecule has 0 amide bonds. The van der Waals surface area contributed by atoms with Crippen LogP contribution >= 0.6 is 76.1 Å². The normalized spacial score (nSPS) is 15.2. The Morgan fingerprint density at radius 2 is 0.800 bits per heavy atom. The van der Waals surface area contributed by atoms with Gasteiger partial charge in [0.2, 0.25) is 0 Å². The van der Waals surface area contributed by atoms with E-state index in [4.69, 9.17) is 0 Å². The van der Waals surface area contributed by atoms with Gasteiger partial charge in [0.1, 0.15) is 0 Å². The van der Waals surface area contributed by atoms with Crippen LogP contribution in [-0.2, 0) is 1.87 Å². The van der Waals surface area contributed by atoms with E-state index >= 15 is 0 Å². The molecule has 5 heteroatoms. The van der Waals surface area contributed by atoms with Crippen molar-refractivity contribution in [1.29, 1.82) is 0 Å². The molecular formula is AuI4. The molecule has 0 heterocycles. The van der Waals surface area contributed by atoms with Gasteiger partial charge < -0.3 is 0 Å². The number of hydrogen-bond donors (Lipinski definition) is 0. The SMILES string of the molecule is [I][Au]([I])([I])[I]. The van der Waals surface area contributed by atoms with Crippen LogP contribution in [0.4, 0.5) is 0 Å². The summed E-state index contributed by atoms with van der Waals surface area (Å²) >= 11 is 10.0. The van der Waals surface area contributed by atoms with Crippen molar-refractivity contribution in [2.75, 3.05) is 0 Å². The van der Waals surface area contributed by atoms with Gasteiger partial charge in [-0.05, 0) is 0 Å². The molecule has 0 atom stereocenters.